The number of fused-ring (bicyclic) bond motifs is 1. The average molecular weight is 311 g/mol. The quantitative estimate of drug-likeness (QED) is 0.892. The molecule has 1 aliphatic rings. The molecule has 1 N–H and O–H groups in total. The Labute approximate surface area is 136 Å². The van der Waals surface area contributed by atoms with Crippen molar-refractivity contribution >= 4 is 5.91 Å². The molecular formula is C19H21NO3. The van der Waals surface area contributed by atoms with Crippen molar-refractivity contribution in [3.8, 4) is 11.5 Å². The van der Waals surface area contributed by atoms with Crippen molar-refractivity contribution in [2.75, 3.05) is 20.3 Å². The van der Waals surface area contributed by atoms with Crippen molar-refractivity contribution in [3.63, 3.8) is 0 Å². The van der Waals surface area contributed by atoms with E-state index in [2.05, 4.69) is 11.4 Å². The summed E-state index contributed by atoms with van der Waals surface area (Å²) in [5.74, 6) is 1.84. The highest BCUT2D eigenvalue weighted by molar-refractivity contribution is 5.78. The number of rotatable bonds is 6. The molecule has 0 saturated carbocycles. The van der Waals surface area contributed by atoms with Crippen molar-refractivity contribution in [1.82, 2.24) is 5.32 Å². The van der Waals surface area contributed by atoms with Crippen molar-refractivity contribution in [3.05, 3.63) is 59.2 Å². The first kappa shape index (κ1) is 15.4. The van der Waals surface area contributed by atoms with Gasteiger partial charge >= 0.3 is 0 Å². The van der Waals surface area contributed by atoms with E-state index in [1.165, 1.54) is 5.56 Å². The van der Waals surface area contributed by atoms with Gasteiger partial charge in [0.2, 0.25) is 5.91 Å². The largest absolute Gasteiger partial charge is 0.497 e. The van der Waals surface area contributed by atoms with Gasteiger partial charge in [0, 0.05) is 13.0 Å². The fraction of sp³-hybridized carbons (Fsp3) is 0.316. The van der Waals surface area contributed by atoms with E-state index in [1.54, 1.807) is 7.11 Å². The second-order valence-electron chi connectivity index (χ2n) is 5.67. The second kappa shape index (κ2) is 7.18. The predicted molar refractivity (Wildman–Crippen MR) is 89.1 cm³/mol. The van der Waals surface area contributed by atoms with Crippen molar-refractivity contribution in [2.24, 2.45) is 0 Å². The van der Waals surface area contributed by atoms with E-state index in [4.69, 9.17) is 9.47 Å². The Balaban J connectivity index is 1.48. The zero-order chi connectivity index (χ0) is 16.1. The third-order valence-corrected chi connectivity index (χ3v) is 3.99. The summed E-state index contributed by atoms with van der Waals surface area (Å²) in [7, 11) is 1.66. The minimum Gasteiger partial charge on any atom is -0.497 e. The summed E-state index contributed by atoms with van der Waals surface area (Å²) in [6.45, 7) is 1.37. The Morgan fingerprint density at radius 1 is 1.22 bits per heavy atom. The number of amides is 1. The Kier molecular flexibility index (Phi) is 4.81. The normalized spacial score (nSPS) is 12.4. The Hall–Kier alpha value is -2.49. The number of carbonyl (C=O) groups is 1. The van der Waals surface area contributed by atoms with Crippen LogP contribution in [0.15, 0.2) is 42.5 Å². The van der Waals surface area contributed by atoms with Crippen LogP contribution in [0.5, 0.6) is 11.5 Å². The first-order valence-electron chi connectivity index (χ1n) is 7.89. The molecule has 23 heavy (non-hydrogen) atoms. The van der Waals surface area contributed by atoms with Gasteiger partial charge < -0.3 is 14.8 Å². The van der Waals surface area contributed by atoms with Gasteiger partial charge in [-0.15, -0.1) is 0 Å². The first-order valence-corrected chi connectivity index (χ1v) is 7.89. The Bertz CT molecular complexity index is 697. The molecule has 0 radical (unpaired) electrons. The van der Waals surface area contributed by atoms with Crippen LogP contribution in [-0.4, -0.2) is 26.2 Å². The van der Waals surface area contributed by atoms with Gasteiger partial charge in [-0.3, -0.25) is 4.79 Å². The summed E-state index contributed by atoms with van der Waals surface area (Å²) in [6, 6.07) is 13.9. The van der Waals surface area contributed by atoms with E-state index in [0.717, 1.165) is 42.1 Å². The number of nitrogens with one attached hydrogen (secondary N) is 1. The highest BCUT2D eigenvalue weighted by Gasteiger charge is 2.13. The van der Waals surface area contributed by atoms with Crippen LogP contribution in [0.2, 0.25) is 0 Å². The number of hydrogen-bond acceptors (Lipinski definition) is 3. The molecule has 4 heteroatoms. The van der Waals surface area contributed by atoms with Crippen LogP contribution in [0, 0.1) is 0 Å². The second-order valence-corrected chi connectivity index (χ2v) is 5.67. The topological polar surface area (TPSA) is 47.6 Å². The monoisotopic (exact) mass is 311 g/mol. The van der Waals surface area contributed by atoms with Crippen LogP contribution in [0.25, 0.3) is 0 Å². The van der Waals surface area contributed by atoms with Gasteiger partial charge in [0.05, 0.1) is 20.1 Å². The van der Waals surface area contributed by atoms with Gasteiger partial charge in [-0.1, -0.05) is 24.3 Å². The molecule has 0 unspecified atom stereocenters. The molecule has 0 atom stereocenters. The lowest BCUT2D eigenvalue weighted by Gasteiger charge is -2.08. The Morgan fingerprint density at radius 3 is 3.00 bits per heavy atom. The maximum Gasteiger partial charge on any atom is 0.224 e. The lowest BCUT2D eigenvalue weighted by molar-refractivity contribution is -0.120. The summed E-state index contributed by atoms with van der Waals surface area (Å²) >= 11 is 0. The van der Waals surface area contributed by atoms with Crippen LogP contribution < -0.4 is 14.8 Å². The molecule has 0 aliphatic carbocycles. The summed E-state index contributed by atoms with van der Waals surface area (Å²) in [6.07, 6.45) is 2.13. The molecule has 4 nitrogen and oxygen atoms in total. The van der Waals surface area contributed by atoms with Crippen LogP contribution in [0.3, 0.4) is 0 Å². The maximum atomic E-state index is 12.1. The van der Waals surface area contributed by atoms with Crippen LogP contribution in [0.1, 0.15) is 16.7 Å². The predicted octanol–water partition coefficient (Wildman–Crippen LogP) is 2.53. The molecule has 2 aromatic carbocycles. The van der Waals surface area contributed by atoms with E-state index in [-0.39, 0.29) is 5.91 Å². The molecule has 0 aromatic heterocycles. The molecule has 0 saturated heterocycles. The van der Waals surface area contributed by atoms with Gasteiger partial charge in [-0.25, -0.2) is 0 Å². The summed E-state index contributed by atoms with van der Waals surface area (Å²) in [5.41, 5.74) is 3.39. The van der Waals surface area contributed by atoms with Crippen LogP contribution in [-0.2, 0) is 24.1 Å². The number of benzene rings is 2. The molecule has 3 rings (SSSR count). The van der Waals surface area contributed by atoms with Crippen LogP contribution in [0.4, 0.5) is 0 Å². The molecule has 1 aliphatic heterocycles. The van der Waals surface area contributed by atoms with Gasteiger partial charge in [0.15, 0.2) is 0 Å². The highest BCUT2D eigenvalue weighted by Crippen LogP contribution is 2.25. The number of ether oxygens (including phenoxy) is 2. The minimum absolute atomic E-state index is 0.0479. The zero-order valence-corrected chi connectivity index (χ0v) is 13.3. The summed E-state index contributed by atoms with van der Waals surface area (Å²) < 4.78 is 10.7. The van der Waals surface area contributed by atoms with Gasteiger partial charge in [-0.2, -0.15) is 0 Å². The zero-order valence-electron chi connectivity index (χ0n) is 13.3. The average Bonchev–Trinajstić information content (AvgIpc) is 3.02. The molecule has 0 spiro atoms. The van der Waals surface area contributed by atoms with E-state index < -0.39 is 0 Å². The highest BCUT2D eigenvalue weighted by atomic mass is 16.5. The lowest BCUT2D eigenvalue weighted by Crippen LogP contribution is -2.27. The molecule has 0 fully saturated rings. The molecular weight excluding hydrogens is 290 g/mol. The van der Waals surface area contributed by atoms with Crippen molar-refractivity contribution in [2.45, 2.75) is 19.3 Å². The third-order valence-electron chi connectivity index (χ3n) is 3.99. The fourth-order valence-electron chi connectivity index (χ4n) is 2.77. The van der Waals surface area contributed by atoms with E-state index in [9.17, 15) is 4.79 Å². The number of hydrogen-bond donors (Lipinski definition) is 1. The van der Waals surface area contributed by atoms with Gasteiger partial charge in [0.1, 0.15) is 11.5 Å². The molecule has 120 valence electrons. The van der Waals surface area contributed by atoms with Crippen molar-refractivity contribution < 1.29 is 14.3 Å². The summed E-state index contributed by atoms with van der Waals surface area (Å²) in [4.78, 5) is 12.1. The molecule has 1 heterocycles. The fourth-order valence-corrected chi connectivity index (χ4v) is 2.77. The van der Waals surface area contributed by atoms with E-state index in [1.807, 2.05) is 36.4 Å². The molecule has 0 bridgehead atoms. The lowest BCUT2D eigenvalue weighted by atomic mass is 10.1. The van der Waals surface area contributed by atoms with Gasteiger partial charge in [0.25, 0.3) is 0 Å². The smallest absolute Gasteiger partial charge is 0.224 e. The van der Waals surface area contributed by atoms with E-state index in [0.29, 0.717) is 13.0 Å². The minimum atomic E-state index is 0.0479. The summed E-state index contributed by atoms with van der Waals surface area (Å²) in [5, 5.41) is 2.97. The first-order chi connectivity index (χ1) is 11.2. The van der Waals surface area contributed by atoms with Crippen molar-refractivity contribution in [1.29, 1.82) is 0 Å². The molecule has 2 aromatic rings. The van der Waals surface area contributed by atoms with Crippen LogP contribution >= 0.6 is 0 Å². The molecule has 1 amide bonds. The maximum absolute atomic E-state index is 12.1. The number of methoxy groups -OCH3 is 1. The third kappa shape index (κ3) is 4.03. The SMILES string of the molecule is COc1cccc(CCNC(=O)Cc2ccc3c(c2)CCO3)c1. The van der Waals surface area contributed by atoms with Gasteiger partial charge in [-0.05, 0) is 41.3 Å². The Morgan fingerprint density at radius 2 is 2.13 bits per heavy atom. The standard InChI is InChI=1S/C19H21NO3/c1-22-17-4-2-3-14(12-17)7-9-20-19(21)13-15-5-6-18-16(11-15)8-10-23-18/h2-6,11-12H,7-10,13H2,1H3,(H,20,21). The number of carbonyl (C=O) groups excluding carboxylic acids is 1. The van der Waals surface area contributed by atoms with E-state index >= 15 is 0 Å².